The number of rotatable bonds is 3. The van der Waals surface area contributed by atoms with Crippen LogP contribution in [0.4, 0.5) is 16.2 Å². The lowest BCUT2D eigenvalue weighted by Gasteiger charge is -2.09. The Bertz CT molecular complexity index is 704. The Morgan fingerprint density at radius 1 is 1.00 bits per heavy atom. The molecule has 3 N–H and O–H groups in total. The summed E-state index contributed by atoms with van der Waals surface area (Å²) in [7, 11) is 0. The first-order chi connectivity index (χ1) is 9.95. The summed E-state index contributed by atoms with van der Waals surface area (Å²) >= 11 is 11.7. The van der Waals surface area contributed by atoms with Crippen LogP contribution < -0.4 is 10.6 Å². The van der Waals surface area contributed by atoms with Gasteiger partial charge in [0.05, 0.1) is 16.3 Å². The number of hydrogen-bond donors (Lipinski definition) is 3. The SMILES string of the molecule is O=C(Nc1cccc(Cl)c1)Nc1ccc(C(=O)O)cc1Cl. The molecule has 0 aliphatic heterocycles. The van der Waals surface area contributed by atoms with Crippen molar-refractivity contribution >= 4 is 46.6 Å². The number of halogens is 2. The summed E-state index contributed by atoms with van der Waals surface area (Å²) in [5, 5.41) is 14.6. The van der Waals surface area contributed by atoms with Crippen LogP contribution in [0.5, 0.6) is 0 Å². The normalized spacial score (nSPS) is 10.0. The van der Waals surface area contributed by atoms with E-state index in [2.05, 4.69) is 10.6 Å². The van der Waals surface area contributed by atoms with Crippen LogP contribution in [-0.4, -0.2) is 17.1 Å². The van der Waals surface area contributed by atoms with Crippen molar-refractivity contribution in [2.45, 2.75) is 0 Å². The summed E-state index contributed by atoms with van der Waals surface area (Å²) in [5.41, 5.74) is 0.875. The number of carbonyl (C=O) groups is 2. The van der Waals surface area contributed by atoms with Crippen molar-refractivity contribution in [3.05, 3.63) is 58.1 Å². The van der Waals surface area contributed by atoms with Crippen molar-refractivity contribution in [3.8, 4) is 0 Å². The molecule has 2 rings (SSSR count). The maximum atomic E-state index is 11.8. The van der Waals surface area contributed by atoms with Crippen LogP contribution in [0.3, 0.4) is 0 Å². The van der Waals surface area contributed by atoms with Crippen LogP contribution in [-0.2, 0) is 0 Å². The molecule has 2 aromatic carbocycles. The van der Waals surface area contributed by atoms with Crippen molar-refractivity contribution < 1.29 is 14.7 Å². The molecule has 0 spiro atoms. The van der Waals surface area contributed by atoms with Gasteiger partial charge in [-0.05, 0) is 36.4 Å². The Kier molecular flexibility index (Phi) is 4.67. The Morgan fingerprint density at radius 2 is 1.76 bits per heavy atom. The average Bonchev–Trinajstić information content (AvgIpc) is 2.40. The van der Waals surface area contributed by atoms with Crippen LogP contribution in [0.15, 0.2) is 42.5 Å². The van der Waals surface area contributed by atoms with Crippen LogP contribution in [0.25, 0.3) is 0 Å². The fourth-order valence-electron chi connectivity index (χ4n) is 1.60. The molecule has 2 aromatic rings. The molecule has 0 bridgehead atoms. The molecule has 0 heterocycles. The predicted molar refractivity (Wildman–Crippen MR) is 82.5 cm³/mol. The number of carboxylic acid groups (broad SMARTS) is 1. The quantitative estimate of drug-likeness (QED) is 0.785. The van der Waals surface area contributed by atoms with E-state index in [0.29, 0.717) is 16.4 Å². The molecule has 0 aliphatic rings. The molecule has 108 valence electrons. The zero-order valence-corrected chi connectivity index (χ0v) is 12.1. The van der Waals surface area contributed by atoms with Gasteiger partial charge >= 0.3 is 12.0 Å². The number of anilines is 2. The highest BCUT2D eigenvalue weighted by atomic mass is 35.5. The number of nitrogens with one attached hydrogen (secondary N) is 2. The van der Waals surface area contributed by atoms with Gasteiger partial charge in [-0.15, -0.1) is 0 Å². The highest BCUT2D eigenvalue weighted by Gasteiger charge is 2.09. The lowest BCUT2D eigenvalue weighted by molar-refractivity contribution is 0.0697. The molecule has 2 amide bonds. The average molecular weight is 325 g/mol. The Morgan fingerprint density at radius 3 is 2.38 bits per heavy atom. The Labute approximate surface area is 130 Å². The van der Waals surface area contributed by atoms with Crippen molar-refractivity contribution in [2.75, 3.05) is 10.6 Å². The first-order valence-electron chi connectivity index (χ1n) is 5.82. The number of benzene rings is 2. The molecular formula is C14H10Cl2N2O3. The van der Waals surface area contributed by atoms with E-state index < -0.39 is 12.0 Å². The lowest BCUT2D eigenvalue weighted by atomic mass is 10.2. The number of urea groups is 1. The highest BCUT2D eigenvalue weighted by molar-refractivity contribution is 6.34. The van der Waals surface area contributed by atoms with Gasteiger partial charge < -0.3 is 15.7 Å². The van der Waals surface area contributed by atoms with Gasteiger partial charge in [-0.1, -0.05) is 29.3 Å². The second kappa shape index (κ2) is 6.47. The Balaban J connectivity index is 2.08. The predicted octanol–water partition coefficient (Wildman–Crippen LogP) is 4.34. The number of hydrogen-bond acceptors (Lipinski definition) is 2. The zero-order valence-electron chi connectivity index (χ0n) is 10.6. The molecule has 5 nitrogen and oxygen atoms in total. The molecule has 0 fully saturated rings. The summed E-state index contributed by atoms with van der Waals surface area (Å²) in [4.78, 5) is 22.6. The molecule has 0 aliphatic carbocycles. The molecule has 0 saturated carbocycles. The van der Waals surface area contributed by atoms with Gasteiger partial charge in [0.1, 0.15) is 0 Å². The fourth-order valence-corrected chi connectivity index (χ4v) is 2.02. The molecule has 7 heteroatoms. The van der Waals surface area contributed by atoms with Crippen LogP contribution >= 0.6 is 23.2 Å². The molecule has 0 atom stereocenters. The summed E-state index contributed by atoms with van der Waals surface area (Å²) in [6.45, 7) is 0. The number of carboxylic acids is 1. The largest absolute Gasteiger partial charge is 0.478 e. The summed E-state index contributed by atoms with van der Waals surface area (Å²) < 4.78 is 0. The molecule has 0 saturated heterocycles. The standard InChI is InChI=1S/C14H10Cl2N2O3/c15-9-2-1-3-10(7-9)17-14(21)18-12-5-4-8(13(19)20)6-11(12)16/h1-7H,(H,19,20)(H2,17,18,21). The number of aromatic carboxylic acids is 1. The second-order valence-electron chi connectivity index (χ2n) is 4.09. The van der Waals surface area contributed by atoms with E-state index in [4.69, 9.17) is 28.3 Å². The van der Waals surface area contributed by atoms with E-state index in [1.807, 2.05) is 0 Å². The first-order valence-corrected chi connectivity index (χ1v) is 6.58. The van der Waals surface area contributed by atoms with E-state index in [9.17, 15) is 9.59 Å². The highest BCUT2D eigenvalue weighted by Crippen LogP contribution is 2.23. The minimum atomic E-state index is -1.09. The van der Waals surface area contributed by atoms with E-state index in [0.717, 1.165) is 0 Å². The van der Waals surface area contributed by atoms with Gasteiger partial charge in [-0.3, -0.25) is 0 Å². The summed E-state index contributed by atoms with van der Waals surface area (Å²) in [5.74, 6) is -1.09. The monoisotopic (exact) mass is 324 g/mol. The van der Waals surface area contributed by atoms with E-state index in [1.54, 1.807) is 24.3 Å². The number of amides is 2. The molecule has 0 radical (unpaired) electrons. The number of carbonyl (C=O) groups excluding carboxylic acids is 1. The van der Waals surface area contributed by atoms with Crippen molar-refractivity contribution in [3.63, 3.8) is 0 Å². The zero-order chi connectivity index (χ0) is 15.4. The summed E-state index contributed by atoms with van der Waals surface area (Å²) in [6, 6.07) is 10.2. The van der Waals surface area contributed by atoms with Gasteiger partial charge in [0.2, 0.25) is 0 Å². The topological polar surface area (TPSA) is 78.4 Å². The van der Waals surface area contributed by atoms with Crippen LogP contribution in [0.2, 0.25) is 10.0 Å². The maximum absolute atomic E-state index is 11.8. The fraction of sp³-hybridized carbons (Fsp3) is 0. The van der Waals surface area contributed by atoms with Gasteiger partial charge in [0.15, 0.2) is 0 Å². The van der Waals surface area contributed by atoms with E-state index in [-0.39, 0.29) is 10.6 Å². The third-order valence-electron chi connectivity index (χ3n) is 2.55. The molecular weight excluding hydrogens is 315 g/mol. The minimum Gasteiger partial charge on any atom is -0.478 e. The second-order valence-corrected chi connectivity index (χ2v) is 4.93. The van der Waals surface area contributed by atoms with Crippen molar-refractivity contribution in [2.24, 2.45) is 0 Å². The Hall–Kier alpha value is -2.24. The molecule has 0 unspecified atom stereocenters. The van der Waals surface area contributed by atoms with Gasteiger partial charge in [-0.25, -0.2) is 9.59 Å². The van der Waals surface area contributed by atoms with E-state index in [1.165, 1.54) is 18.2 Å². The van der Waals surface area contributed by atoms with Crippen molar-refractivity contribution in [1.82, 2.24) is 0 Å². The van der Waals surface area contributed by atoms with Crippen LogP contribution in [0.1, 0.15) is 10.4 Å². The van der Waals surface area contributed by atoms with Gasteiger partial charge in [-0.2, -0.15) is 0 Å². The molecule has 0 aromatic heterocycles. The van der Waals surface area contributed by atoms with Crippen molar-refractivity contribution in [1.29, 1.82) is 0 Å². The summed E-state index contributed by atoms with van der Waals surface area (Å²) in [6.07, 6.45) is 0. The lowest BCUT2D eigenvalue weighted by Crippen LogP contribution is -2.19. The minimum absolute atomic E-state index is 0.0424. The van der Waals surface area contributed by atoms with Gasteiger partial charge in [0.25, 0.3) is 0 Å². The first kappa shape index (κ1) is 15.2. The molecule has 21 heavy (non-hydrogen) atoms. The van der Waals surface area contributed by atoms with Gasteiger partial charge in [0, 0.05) is 10.7 Å². The third kappa shape index (κ3) is 4.11. The smallest absolute Gasteiger partial charge is 0.335 e. The third-order valence-corrected chi connectivity index (χ3v) is 3.09. The maximum Gasteiger partial charge on any atom is 0.335 e. The van der Waals surface area contributed by atoms with Crippen LogP contribution in [0, 0.1) is 0 Å². The van der Waals surface area contributed by atoms with E-state index >= 15 is 0 Å².